The van der Waals surface area contributed by atoms with Gasteiger partial charge in [-0.25, -0.2) is 4.98 Å². The maximum absolute atomic E-state index is 12.8. The highest BCUT2D eigenvalue weighted by atomic mass is 19.4. The lowest BCUT2D eigenvalue weighted by molar-refractivity contribution is -0.137. The Morgan fingerprint density at radius 1 is 0.897 bits per heavy atom. The van der Waals surface area contributed by atoms with Crippen molar-refractivity contribution in [1.82, 2.24) is 14.5 Å². The molecule has 150 valence electrons. The second-order valence-electron chi connectivity index (χ2n) is 6.82. The van der Waals surface area contributed by atoms with Gasteiger partial charge < -0.3 is 14.4 Å². The topological polar surface area (TPSA) is 41.4 Å². The molecule has 2 aromatic heterocycles. The van der Waals surface area contributed by atoms with Crippen molar-refractivity contribution in [2.24, 2.45) is 0 Å². The second kappa shape index (κ2) is 7.62. The van der Waals surface area contributed by atoms with Crippen molar-refractivity contribution in [2.75, 3.05) is 31.1 Å². The van der Waals surface area contributed by atoms with Crippen LogP contribution >= 0.6 is 0 Å². The monoisotopic (exact) mass is 400 g/mol. The third kappa shape index (κ3) is 4.11. The molecule has 3 heterocycles. The Hall–Kier alpha value is -3.29. The van der Waals surface area contributed by atoms with E-state index in [-0.39, 0.29) is 5.91 Å². The Morgan fingerprint density at radius 2 is 1.55 bits per heavy atom. The molecule has 29 heavy (non-hydrogen) atoms. The van der Waals surface area contributed by atoms with Gasteiger partial charge in [-0.05, 0) is 48.5 Å². The molecule has 0 spiro atoms. The minimum absolute atomic E-state index is 0.0518. The first-order valence-electron chi connectivity index (χ1n) is 9.23. The maximum atomic E-state index is 12.8. The van der Waals surface area contributed by atoms with E-state index in [0.717, 1.165) is 18.0 Å². The number of pyridine rings is 1. The summed E-state index contributed by atoms with van der Waals surface area (Å²) in [6.45, 7) is 2.01. The van der Waals surface area contributed by atoms with Crippen LogP contribution in [0.4, 0.5) is 19.0 Å². The normalized spacial score (nSPS) is 14.9. The standard InChI is InChI=1S/C21H19F3N4O/c22-21(23,24)17-5-8-19(25-15-17)27-11-13-28(14-12-27)20(29)16-3-6-18(7-4-16)26-9-1-2-10-26/h1-10,15H,11-14H2. The van der Waals surface area contributed by atoms with Crippen LogP contribution in [0.15, 0.2) is 67.1 Å². The summed E-state index contributed by atoms with van der Waals surface area (Å²) in [5.41, 5.74) is 0.824. The predicted molar refractivity (Wildman–Crippen MR) is 103 cm³/mol. The Bertz CT molecular complexity index is 959. The summed E-state index contributed by atoms with van der Waals surface area (Å²) in [5, 5.41) is 0. The summed E-state index contributed by atoms with van der Waals surface area (Å²) in [5.74, 6) is 0.435. The Morgan fingerprint density at radius 3 is 2.10 bits per heavy atom. The van der Waals surface area contributed by atoms with Gasteiger partial charge in [0, 0.05) is 56.0 Å². The van der Waals surface area contributed by atoms with Crippen molar-refractivity contribution in [1.29, 1.82) is 0 Å². The number of piperazine rings is 1. The van der Waals surface area contributed by atoms with Crippen molar-refractivity contribution in [3.63, 3.8) is 0 Å². The van der Waals surface area contributed by atoms with Gasteiger partial charge in [-0.1, -0.05) is 0 Å². The smallest absolute Gasteiger partial charge is 0.353 e. The number of carbonyl (C=O) groups is 1. The van der Waals surface area contributed by atoms with Crippen LogP contribution in [0.1, 0.15) is 15.9 Å². The lowest BCUT2D eigenvalue weighted by atomic mass is 10.1. The van der Waals surface area contributed by atoms with E-state index in [1.165, 1.54) is 6.07 Å². The van der Waals surface area contributed by atoms with E-state index in [0.29, 0.717) is 37.6 Å². The highest BCUT2D eigenvalue weighted by molar-refractivity contribution is 5.94. The number of carbonyl (C=O) groups excluding carboxylic acids is 1. The van der Waals surface area contributed by atoms with Crippen molar-refractivity contribution in [3.05, 3.63) is 78.2 Å². The van der Waals surface area contributed by atoms with Gasteiger partial charge in [-0.15, -0.1) is 0 Å². The van der Waals surface area contributed by atoms with Gasteiger partial charge in [0.25, 0.3) is 5.91 Å². The van der Waals surface area contributed by atoms with Crippen molar-refractivity contribution in [2.45, 2.75) is 6.18 Å². The average molecular weight is 400 g/mol. The SMILES string of the molecule is O=C(c1ccc(-n2cccc2)cc1)N1CCN(c2ccc(C(F)(F)F)cn2)CC1. The van der Waals surface area contributed by atoms with Crippen LogP contribution in [0.5, 0.6) is 0 Å². The molecule has 0 saturated carbocycles. The van der Waals surface area contributed by atoms with Crippen LogP contribution in [0.25, 0.3) is 5.69 Å². The molecule has 1 saturated heterocycles. The predicted octanol–water partition coefficient (Wildman–Crippen LogP) is 3.85. The zero-order valence-corrected chi connectivity index (χ0v) is 15.5. The summed E-state index contributed by atoms with van der Waals surface area (Å²) in [6, 6.07) is 13.7. The second-order valence-corrected chi connectivity index (χ2v) is 6.82. The van der Waals surface area contributed by atoms with Gasteiger partial charge in [0.15, 0.2) is 0 Å². The van der Waals surface area contributed by atoms with Crippen molar-refractivity contribution >= 4 is 11.7 Å². The molecule has 0 bridgehead atoms. The molecule has 1 aliphatic heterocycles. The van der Waals surface area contributed by atoms with Crippen molar-refractivity contribution in [3.8, 4) is 5.69 Å². The van der Waals surface area contributed by atoms with Gasteiger partial charge in [0.1, 0.15) is 5.82 Å². The molecule has 0 N–H and O–H groups in total. The number of alkyl halides is 3. The maximum Gasteiger partial charge on any atom is 0.417 e. The molecule has 0 aliphatic carbocycles. The summed E-state index contributed by atoms with van der Waals surface area (Å²) >= 11 is 0. The van der Waals surface area contributed by atoms with Crippen LogP contribution in [-0.4, -0.2) is 46.5 Å². The lowest BCUT2D eigenvalue weighted by Crippen LogP contribution is -2.49. The van der Waals surface area contributed by atoms with E-state index >= 15 is 0 Å². The van der Waals surface area contributed by atoms with E-state index in [4.69, 9.17) is 0 Å². The average Bonchev–Trinajstić information content (AvgIpc) is 3.28. The summed E-state index contributed by atoms with van der Waals surface area (Å²) < 4.78 is 40.0. The number of anilines is 1. The number of hydrogen-bond donors (Lipinski definition) is 0. The molecule has 1 amide bonds. The fraction of sp³-hybridized carbons (Fsp3) is 0.238. The first-order valence-corrected chi connectivity index (χ1v) is 9.23. The van der Waals surface area contributed by atoms with Crippen LogP contribution in [0, 0.1) is 0 Å². The molecule has 1 fully saturated rings. The molecular formula is C21H19F3N4O. The lowest BCUT2D eigenvalue weighted by Gasteiger charge is -2.35. The minimum atomic E-state index is -4.40. The van der Waals surface area contributed by atoms with Crippen LogP contribution in [0.2, 0.25) is 0 Å². The molecular weight excluding hydrogens is 381 g/mol. The molecule has 5 nitrogen and oxygen atoms in total. The Labute approximate surface area is 166 Å². The third-order valence-corrected chi connectivity index (χ3v) is 4.98. The van der Waals surface area contributed by atoms with Crippen LogP contribution < -0.4 is 4.90 Å². The van der Waals surface area contributed by atoms with Crippen LogP contribution in [0.3, 0.4) is 0 Å². The Balaban J connectivity index is 1.37. The Kier molecular flexibility index (Phi) is 5.00. The van der Waals surface area contributed by atoms with Gasteiger partial charge >= 0.3 is 6.18 Å². The van der Waals surface area contributed by atoms with E-state index in [2.05, 4.69) is 4.98 Å². The minimum Gasteiger partial charge on any atom is -0.353 e. The number of benzene rings is 1. The molecule has 0 unspecified atom stereocenters. The quantitative estimate of drug-likeness (QED) is 0.671. The van der Waals surface area contributed by atoms with Gasteiger partial charge in [0.05, 0.1) is 5.56 Å². The highest BCUT2D eigenvalue weighted by Crippen LogP contribution is 2.29. The first-order chi connectivity index (χ1) is 13.9. The van der Waals surface area contributed by atoms with E-state index in [9.17, 15) is 18.0 Å². The van der Waals surface area contributed by atoms with E-state index in [1.807, 2.05) is 58.3 Å². The number of rotatable bonds is 3. The third-order valence-electron chi connectivity index (χ3n) is 4.98. The van der Waals surface area contributed by atoms with Gasteiger partial charge in [0.2, 0.25) is 0 Å². The summed E-state index contributed by atoms with van der Waals surface area (Å²) in [6.07, 6.45) is 0.323. The number of halogens is 3. The van der Waals surface area contributed by atoms with E-state index in [1.54, 1.807) is 4.90 Å². The molecule has 1 aromatic carbocycles. The molecule has 4 rings (SSSR count). The first kappa shape index (κ1) is 19.0. The number of nitrogens with zero attached hydrogens (tertiary/aromatic N) is 4. The fourth-order valence-corrected chi connectivity index (χ4v) is 3.34. The molecule has 3 aromatic rings. The van der Waals surface area contributed by atoms with Gasteiger partial charge in [-0.2, -0.15) is 13.2 Å². The van der Waals surface area contributed by atoms with E-state index < -0.39 is 11.7 Å². The fourth-order valence-electron chi connectivity index (χ4n) is 3.34. The van der Waals surface area contributed by atoms with Crippen molar-refractivity contribution < 1.29 is 18.0 Å². The molecule has 0 atom stereocenters. The summed E-state index contributed by atoms with van der Waals surface area (Å²) in [4.78, 5) is 20.3. The molecule has 8 heteroatoms. The zero-order chi connectivity index (χ0) is 20.4. The zero-order valence-electron chi connectivity index (χ0n) is 15.5. The number of amides is 1. The summed E-state index contributed by atoms with van der Waals surface area (Å²) in [7, 11) is 0. The number of aromatic nitrogens is 2. The molecule has 1 aliphatic rings. The largest absolute Gasteiger partial charge is 0.417 e. The van der Waals surface area contributed by atoms with Gasteiger partial charge in [-0.3, -0.25) is 4.79 Å². The highest BCUT2D eigenvalue weighted by Gasteiger charge is 2.31. The molecule has 0 radical (unpaired) electrons. The number of hydrogen-bond acceptors (Lipinski definition) is 3. The van der Waals surface area contributed by atoms with Crippen LogP contribution in [-0.2, 0) is 6.18 Å².